The van der Waals surface area contributed by atoms with E-state index in [0.29, 0.717) is 6.04 Å². The number of nitrogens with one attached hydrogen (secondary N) is 1. The summed E-state index contributed by atoms with van der Waals surface area (Å²) in [5.41, 5.74) is 1.40. The summed E-state index contributed by atoms with van der Waals surface area (Å²) in [6.07, 6.45) is 1.09. The SMILES string of the molecule is CNC(C)Cc1cccc(SCCS)c1. The van der Waals surface area contributed by atoms with Gasteiger partial charge in [-0.1, -0.05) is 12.1 Å². The van der Waals surface area contributed by atoms with E-state index in [9.17, 15) is 0 Å². The number of thiol groups is 1. The van der Waals surface area contributed by atoms with Gasteiger partial charge < -0.3 is 5.32 Å². The summed E-state index contributed by atoms with van der Waals surface area (Å²) in [5.74, 6) is 2.01. The molecule has 1 N–H and O–H groups in total. The van der Waals surface area contributed by atoms with E-state index in [4.69, 9.17) is 0 Å². The third kappa shape index (κ3) is 4.96. The predicted molar refractivity (Wildman–Crippen MR) is 73.2 cm³/mol. The maximum Gasteiger partial charge on any atom is 0.00761 e. The maximum absolute atomic E-state index is 4.22. The van der Waals surface area contributed by atoms with E-state index in [2.05, 4.69) is 49.1 Å². The molecule has 0 bridgehead atoms. The van der Waals surface area contributed by atoms with Gasteiger partial charge in [0.25, 0.3) is 0 Å². The average molecular weight is 241 g/mol. The molecule has 0 spiro atoms. The molecule has 0 aromatic heterocycles. The fourth-order valence-electron chi connectivity index (χ4n) is 1.38. The number of hydrogen-bond acceptors (Lipinski definition) is 3. The molecule has 0 aliphatic heterocycles. The molecule has 0 aliphatic rings. The third-order valence-electron chi connectivity index (χ3n) is 2.29. The second-order valence-corrected chi connectivity index (χ2v) is 5.23. The highest BCUT2D eigenvalue weighted by molar-refractivity contribution is 8.00. The van der Waals surface area contributed by atoms with Gasteiger partial charge in [-0.3, -0.25) is 0 Å². The molecular formula is C12H19NS2. The zero-order valence-electron chi connectivity index (χ0n) is 9.36. The molecule has 1 aromatic rings. The fourth-order valence-corrected chi connectivity index (χ4v) is 2.39. The van der Waals surface area contributed by atoms with Gasteiger partial charge in [-0.15, -0.1) is 11.8 Å². The Morgan fingerprint density at radius 1 is 1.47 bits per heavy atom. The average Bonchev–Trinajstić information content (AvgIpc) is 2.26. The van der Waals surface area contributed by atoms with Crippen molar-refractivity contribution in [2.45, 2.75) is 24.3 Å². The van der Waals surface area contributed by atoms with Crippen molar-refractivity contribution < 1.29 is 0 Å². The van der Waals surface area contributed by atoms with Crippen molar-refractivity contribution in [2.24, 2.45) is 0 Å². The molecule has 1 atom stereocenters. The predicted octanol–water partition coefficient (Wildman–Crippen LogP) is 2.86. The van der Waals surface area contributed by atoms with Crippen molar-refractivity contribution in [3.05, 3.63) is 29.8 Å². The Morgan fingerprint density at radius 2 is 2.27 bits per heavy atom. The monoisotopic (exact) mass is 241 g/mol. The maximum atomic E-state index is 4.22. The van der Waals surface area contributed by atoms with Crippen LogP contribution in [0.2, 0.25) is 0 Å². The normalized spacial score (nSPS) is 12.7. The van der Waals surface area contributed by atoms with Gasteiger partial charge in [-0.2, -0.15) is 12.6 Å². The molecule has 0 saturated carbocycles. The van der Waals surface area contributed by atoms with E-state index in [1.54, 1.807) is 0 Å². The van der Waals surface area contributed by atoms with Crippen LogP contribution in [0.4, 0.5) is 0 Å². The molecule has 1 nitrogen and oxygen atoms in total. The van der Waals surface area contributed by atoms with Crippen LogP contribution >= 0.6 is 24.4 Å². The molecule has 0 saturated heterocycles. The molecule has 0 amide bonds. The van der Waals surface area contributed by atoms with E-state index < -0.39 is 0 Å². The van der Waals surface area contributed by atoms with Crippen LogP contribution in [0.5, 0.6) is 0 Å². The Hall–Kier alpha value is -0.120. The lowest BCUT2D eigenvalue weighted by molar-refractivity contribution is 0.608. The van der Waals surface area contributed by atoms with Crippen LogP contribution in [0.3, 0.4) is 0 Å². The lowest BCUT2D eigenvalue weighted by atomic mass is 10.1. The minimum Gasteiger partial charge on any atom is -0.317 e. The van der Waals surface area contributed by atoms with Gasteiger partial charge in [0.15, 0.2) is 0 Å². The Morgan fingerprint density at radius 3 is 2.93 bits per heavy atom. The van der Waals surface area contributed by atoms with Gasteiger partial charge in [-0.25, -0.2) is 0 Å². The van der Waals surface area contributed by atoms with Crippen molar-refractivity contribution in [2.75, 3.05) is 18.6 Å². The first-order valence-corrected chi connectivity index (χ1v) is 6.88. The van der Waals surface area contributed by atoms with Crippen molar-refractivity contribution in [1.82, 2.24) is 5.32 Å². The zero-order valence-corrected chi connectivity index (χ0v) is 11.1. The second kappa shape index (κ2) is 7.20. The summed E-state index contributed by atoms with van der Waals surface area (Å²) in [6, 6.07) is 9.32. The van der Waals surface area contributed by atoms with E-state index >= 15 is 0 Å². The zero-order chi connectivity index (χ0) is 11.1. The van der Waals surface area contributed by atoms with Gasteiger partial charge in [-0.05, 0) is 43.8 Å². The van der Waals surface area contributed by atoms with Crippen molar-refractivity contribution >= 4 is 24.4 Å². The molecule has 1 unspecified atom stereocenters. The second-order valence-electron chi connectivity index (χ2n) is 3.61. The van der Waals surface area contributed by atoms with Crippen LogP contribution in [0.15, 0.2) is 29.2 Å². The highest BCUT2D eigenvalue weighted by atomic mass is 32.2. The van der Waals surface area contributed by atoms with E-state index in [1.807, 2.05) is 18.8 Å². The third-order valence-corrected chi connectivity index (χ3v) is 3.81. The van der Waals surface area contributed by atoms with Crippen molar-refractivity contribution in [3.63, 3.8) is 0 Å². The molecule has 0 fully saturated rings. The number of likely N-dealkylation sites (N-methyl/N-ethyl adjacent to an activating group) is 1. The van der Waals surface area contributed by atoms with Crippen LogP contribution in [-0.4, -0.2) is 24.6 Å². The molecule has 0 heterocycles. The molecule has 84 valence electrons. The van der Waals surface area contributed by atoms with E-state index in [0.717, 1.165) is 17.9 Å². The standard InChI is InChI=1S/C12H19NS2/c1-10(13-2)8-11-4-3-5-12(9-11)15-7-6-14/h3-5,9-10,13-14H,6-8H2,1-2H3. The van der Waals surface area contributed by atoms with Crippen LogP contribution in [0.1, 0.15) is 12.5 Å². The highest BCUT2D eigenvalue weighted by Gasteiger charge is 2.01. The summed E-state index contributed by atoms with van der Waals surface area (Å²) >= 11 is 6.09. The first-order chi connectivity index (χ1) is 7.26. The minimum atomic E-state index is 0.537. The summed E-state index contributed by atoms with van der Waals surface area (Å²) in [4.78, 5) is 1.35. The summed E-state index contributed by atoms with van der Waals surface area (Å²) < 4.78 is 0. The lowest BCUT2D eigenvalue weighted by Gasteiger charge is -2.10. The molecule has 15 heavy (non-hydrogen) atoms. The summed E-state index contributed by atoms with van der Waals surface area (Å²) in [6.45, 7) is 2.20. The Labute approximate surface area is 102 Å². The van der Waals surface area contributed by atoms with Crippen molar-refractivity contribution in [3.8, 4) is 0 Å². The van der Waals surface area contributed by atoms with Gasteiger partial charge >= 0.3 is 0 Å². The molecule has 0 aliphatic carbocycles. The van der Waals surface area contributed by atoms with Gasteiger partial charge in [0, 0.05) is 16.7 Å². The molecule has 3 heteroatoms. The molecular weight excluding hydrogens is 222 g/mol. The Balaban J connectivity index is 2.57. The first kappa shape index (κ1) is 12.9. The quantitative estimate of drug-likeness (QED) is 0.587. The lowest BCUT2D eigenvalue weighted by Crippen LogP contribution is -2.23. The van der Waals surface area contributed by atoms with Crippen LogP contribution < -0.4 is 5.32 Å². The minimum absolute atomic E-state index is 0.537. The fraction of sp³-hybridized carbons (Fsp3) is 0.500. The Bertz CT molecular complexity index is 289. The number of hydrogen-bond donors (Lipinski definition) is 2. The van der Waals surface area contributed by atoms with E-state index in [-0.39, 0.29) is 0 Å². The topological polar surface area (TPSA) is 12.0 Å². The molecule has 0 radical (unpaired) electrons. The smallest absolute Gasteiger partial charge is 0.00761 e. The first-order valence-electron chi connectivity index (χ1n) is 5.26. The molecule has 1 rings (SSSR count). The van der Waals surface area contributed by atoms with Crippen molar-refractivity contribution in [1.29, 1.82) is 0 Å². The number of rotatable bonds is 6. The molecule has 1 aromatic carbocycles. The highest BCUT2D eigenvalue weighted by Crippen LogP contribution is 2.19. The largest absolute Gasteiger partial charge is 0.317 e. The number of benzene rings is 1. The number of thioether (sulfide) groups is 1. The van der Waals surface area contributed by atoms with Gasteiger partial charge in [0.2, 0.25) is 0 Å². The van der Waals surface area contributed by atoms with Crippen LogP contribution in [0.25, 0.3) is 0 Å². The van der Waals surface area contributed by atoms with E-state index in [1.165, 1.54) is 10.5 Å². The Kier molecular flexibility index (Phi) is 6.22. The summed E-state index contributed by atoms with van der Waals surface area (Å²) in [5, 5.41) is 3.26. The van der Waals surface area contributed by atoms with Crippen LogP contribution in [-0.2, 0) is 6.42 Å². The summed E-state index contributed by atoms with van der Waals surface area (Å²) in [7, 11) is 2.00. The van der Waals surface area contributed by atoms with Crippen LogP contribution in [0, 0.1) is 0 Å². The van der Waals surface area contributed by atoms with Gasteiger partial charge in [0.1, 0.15) is 0 Å². The van der Waals surface area contributed by atoms with Gasteiger partial charge in [0.05, 0.1) is 0 Å².